The van der Waals surface area contributed by atoms with Crippen molar-refractivity contribution in [2.24, 2.45) is 5.92 Å². The molecule has 1 N–H and O–H groups in total. The van der Waals surface area contributed by atoms with Gasteiger partial charge in [-0.3, -0.25) is 4.79 Å². The summed E-state index contributed by atoms with van der Waals surface area (Å²) < 4.78 is 10.5. The average Bonchev–Trinajstić information content (AvgIpc) is 2.88. The van der Waals surface area contributed by atoms with Crippen molar-refractivity contribution < 1.29 is 18.7 Å². The second kappa shape index (κ2) is 7.80. The van der Waals surface area contributed by atoms with Crippen molar-refractivity contribution >= 4 is 33.9 Å². The van der Waals surface area contributed by atoms with Crippen LogP contribution in [-0.2, 0) is 14.3 Å². The Kier molecular flexibility index (Phi) is 6.38. The molecule has 0 radical (unpaired) electrons. The van der Waals surface area contributed by atoms with E-state index >= 15 is 0 Å². The molecule has 1 aromatic heterocycles. The highest BCUT2D eigenvalue weighted by Crippen LogP contribution is 2.15. The van der Waals surface area contributed by atoms with Crippen molar-refractivity contribution in [1.82, 2.24) is 5.32 Å². The molecule has 1 amide bonds. The Morgan fingerprint density at radius 3 is 2.73 bits per heavy atom. The third-order valence-corrected chi connectivity index (χ3v) is 3.54. The highest BCUT2D eigenvalue weighted by atomic mass is 79.9. The quantitative estimate of drug-likeness (QED) is 0.615. The van der Waals surface area contributed by atoms with E-state index in [-0.39, 0.29) is 5.92 Å². The zero-order chi connectivity index (χ0) is 16.8. The van der Waals surface area contributed by atoms with Crippen LogP contribution in [-0.4, -0.2) is 24.0 Å². The largest absolute Gasteiger partial charge is 0.452 e. The van der Waals surface area contributed by atoms with Gasteiger partial charge in [-0.25, -0.2) is 4.79 Å². The molecule has 1 atom stereocenters. The average molecular weight is 369 g/mol. The van der Waals surface area contributed by atoms with Crippen molar-refractivity contribution in [2.75, 3.05) is 6.61 Å². The first-order valence-corrected chi connectivity index (χ1v) is 7.38. The van der Waals surface area contributed by atoms with Gasteiger partial charge in [0.2, 0.25) is 0 Å². The van der Waals surface area contributed by atoms with Crippen LogP contribution in [0.3, 0.4) is 0 Å². The van der Waals surface area contributed by atoms with E-state index in [9.17, 15) is 9.59 Å². The molecule has 0 fully saturated rings. The Morgan fingerprint density at radius 1 is 1.55 bits per heavy atom. The molecule has 0 unspecified atom stereocenters. The molecule has 1 rings (SSSR count). The summed E-state index contributed by atoms with van der Waals surface area (Å²) in [6, 6.07) is 5.40. The maximum Gasteiger partial charge on any atom is 0.331 e. The normalized spacial score (nSPS) is 13.6. The third kappa shape index (κ3) is 5.37. The Labute approximate surface area is 137 Å². The second-order valence-corrected chi connectivity index (χ2v) is 5.88. The summed E-state index contributed by atoms with van der Waals surface area (Å²) in [5.74, 6) is -0.800. The number of nitrogens with one attached hydrogen (secondary N) is 1. The molecule has 0 spiro atoms. The van der Waals surface area contributed by atoms with Crippen LogP contribution in [0.2, 0.25) is 0 Å². The first-order chi connectivity index (χ1) is 10.3. The number of nitriles is 1. The van der Waals surface area contributed by atoms with Gasteiger partial charge in [0, 0.05) is 6.08 Å². The second-order valence-electron chi connectivity index (χ2n) is 5.10. The molecule has 6 nitrogen and oxygen atoms in total. The summed E-state index contributed by atoms with van der Waals surface area (Å²) in [7, 11) is 0. The topological polar surface area (TPSA) is 92.3 Å². The first kappa shape index (κ1) is 18.0. The molecule has 0 bridgehead atoms. The first-order valence-electron chi connectivity index (χ1n) is 6.59. The number of carbonyl (C=O) groups is 2. The molecule has 0 aliphatic heterocycles. The predicted molar refractivity (Wildman–Crippen MR) is 83.4 cm³/mol. The molecule has 0 aliphatic carbocycles. The number of rotatable bonds is 6. The lowest BCUT2D eigenvalue weighted by Gasteiger charge is -2.27. The number of hydrogen-bond acceptors (Lipinski definition) is 5. The number of ether oxygens (including phenoxy) is 1. The summed E-state index contributed by atoms with van der Waals surface area (Å²) in [6.45, 7) is 4.81. The Hall–Kier alpha value is -2.07. The lowest BCUT2D eigenvalue weighted by Crippen LogP contribution is -2.50. The van der Waals surface area contributed by atoms with Crippen molar-refractivity contribution in [1.29, 1.82) is 5.26 Å². The van der Waals surface area contributed by atoms with Crippen molar-refractivity contribution in [3.8, 4) is 6.07 Å². The predicted octanol–water partition coefficient (Wildman–Crippen LogP) is 2.65. The van der Waals surface area contributed by atoms with E-state index in [1.54, 1.807) is 19.1 Å². The monoisotopic (exact) mass is 368 g/mol. The fourth-order valence-corrected chi connectivity index (χ4v) is 1.70. The molecule has 1 aromatic rings. The number of furan rings is 1. The lowest BCUT2D eigenvalue weighted by molar-refractivity contribution is -0.144. The minimum absolute atomic E-state index is 0.0746. The highest BCUT2D eigenvalue weighted by Gasteiger charge is 2.30. The summed E-state index contributed by atoms with van der Waals surface area (Å²) in [4.78, 5) is 23.2. The number of nitrogens with zero attached hydrogens (tertiary/aromatic N) is 1. The van der Waals surface area contributed by atoms with Crippen LogP contribution in [0.15, 0.2) is 27.3 Å². The van der Waals surface area contributed by atoms with Crippen LogP contribution in [0.1, 0.15) is 26.5 Å². The van der Waals surface area contributed by atoms with E-state index in [4.69, 9.17) is 14.4 Å². The van der Waals surface area contributed by atoms with Gasteiger partial charge < -0.3 is 14.5 Å². The third-order valence-electron chi connectivity index (χ3n) is 3.11. The van der Waals surface area contributed by atoms with Crippen LogP contribution in [0, 0.1) is 17.2 Å². The number of amides is 1. The van der Waals surface area contributed by atoms with Crippen LogP contribution < -0.4 is 5.32 Å². The SMILES string of the molecule is CC(C)[C@](C)(C#N)NC(=O)COC(=O)/C=C/c1ccc(Br)o1. The van der Waals surface area contributed by atoms with Crippen molar-refractivity contribution in [3.63, 3.8) is 0 Å². The fraction of sp³-hybridized carbons (Fsp3) is 0.400. The number of halogens is 1. The standard InChI is InChI=1S/C15H17BrN2O4/c1-10(2)15(3,9-17)18-13(19)8-21-14(20)7-5-11-4-6-12(16)22-11/h4-7,10H,8H2,1-3H3,(H,18,19)/b7-5+/t15-/m0/s1. The van der Waals surface area contributed by atoms with E-state index < -0.39 is 24.0 Å². The summed E-state index contributed by atoms with van der Waals surface area (Å²) in [5.41, 5.74) is -1.00. The van der Waals surface area contributed by atoms with Gasteiger partial charge >= 0.3 is 5.97 Å². The smallest absolute Gasteiger partial charge is 0.331 e. The van der Waals surface area contributed by atoms with Gasteiger partial charge in [0.05, 0.1) is 6.07 Å². The van der Waals surface area contributed by atoms with E-state index in [2.05, 4.69) is 21.2 Å². The van der Waals surface area contributed by atoms with Crippen LogP contribution in [0.25, 0.3) is 6.08 Å². The number of carbonyl (C=O) groups excluding carboxylic acids is 2. The summed E-state index contributed by atoms with van der Waals surface area (Å²) in [6.07, 6.45) is 2.59. The van der Waals surface area contributed by atoms with Gasteiger partial charge in [-0.15, -0.1) is 0 Å². The lowest BCUT2D eigenvalue weighted by atomic mass is 9.90. The Morgan fingerprint density at radius 2 is 2.23 bits per heavy atom. The maximum atomic E-state index is 11.7. The van der Waals surface area contributed by atoms with Crippen molar-refractivity contribution in [2.45, 2.75) is 26.3 Å². The highest BCUT2D eigenvalue weighted by molar-refractivity contribution is 9.10. The minimum Gasteiger partial charge on any atom is -0.452 e. The molecule has 22 heavy (non-hydrogen) atoms. The van der Waals surface area contributed by atoms with Crippen LogP contribution in [0.5, 0.6) is 0 Å². The maximum absolute atomic E-state index is 11.7. The molecular formula is C15H17BrN2O4. The van der Waals surface area contributed by atoms with Crippen molar-refractivity contribution in [3.05, 3.63) is 28.6 Å². The number of esters is 1. The van der Waals surface area contributed by atoms with E-state index in [0.29, 0.717) is 10.4 Å². The van der Waals surface area contributed by atoms with Gasteiger partial charge in [-0.05, 0) is 47.0 Å². The molecule has 1 heterocycles. The van der Waals surface area contributed by atoms with Gasteiger partial charge in [0.15, 0.2) is 11.3 Å². The summed E-state index contributed by atoms with van der Waals surface area (Å²) >= 11 is 3.14. The fourth-order valence-electron chi connectivity index (χ4n) is 1.38. The van der Waals surface area contributed by atoms with E-state index in [0.717, 1.165) is 6.08 Å². The molecule has 7 heteroatoms. The Balaban J connectivity index is 2.45. The molecule has 0 saturated heterocycles. The van der Waals surface area contributed by atoms with Gasteiger partial charge in [0.25, 0.3) is 5.91 Å². The number of hydrogen-bond donors (Lipinski definition) is 1. The molecule has 0 aliphatic rings. The zero-order valence-corrected chi connectivity index (χ0v) is 14.1. The zero-order valence-electron chi connectivity index (χ0n) is 12.6. The minimum atomic E-state index is -1.00. The van der Waals surface area contributed by atoms with Gasteiger partial charge in [-0.2, -0.15) is 5.26 Å². The molecular weight excluding hydrogens is 352 g/mol. The molecule has 118 valence electrons. The van der Waals surface area contributed by atoms with Crippen LogP contribution in [0.4, 0.5) is 0 Å². The Bertz CT molecular complexity index is 615. The van der Waals surface area contributed by atoms with E-state index in [1.165, 1.54) is 6.08 Å². The van der Waals surface area contributed by atoms with Gasteiger partial charge in [-0.1, -0.05) is 13.8 Å². The van der Waals surface area contributed by atoms with E-state index in [1.807, 2.05) is 19.9 Å². The molecule has 0 saturated carbocycles. The van der Waals surface area contributed by atoms with Gasteiger partial charge in [0.1, 0.15) is 11.3 Å². The summed E-state index contributed by atoms with van der Waals surface area (Å²) in [5, 5.41) is 11.6. The molecule has 0 aromatic carbocycles. The van der Waals surface area contributed by atoms with Crippen LogP contribution >= 0.6 is 15.9 Å².